The Morgan fingerprint density at radius 1 is 1.33 bits per heavy atom. The number of nitrogens with zero attached hydrogens (tertiary/aromatic N) is 1. The van der Waals surface area contributed by atoms with Gasteiger partial charge in [0.15, 0.2) is 0 Å². The maximum Gasteiger partial charge on any atom is 0.123 e. The lowest BCUT2D eigenvalue weighted by Gasteiger charge is -2.35. The quantitative estimate of drug-likeness (QED) is 0.835. The zero-order chi connectivity index (χ0) is 13.0. The average molecular weight is 250 g/mol. The topological polar surface area (TPSA) is 15.3 Å². The van der Waals surface area contributed by atoms with Crippen LogP contribution in [0.25, 0.3) is 0 Å². The van der Waals surface area contributed by atoms with Crippen LogP contribution in [0.2, 0.25) is 0 Å². The van der Waals surface area contributed by atoms with Gasteiger partial charge in [0.2, 0.25) is 0 Å². The fourth-order valence-corrected chi connectivity index (χ4v) is 2.52. The van der Waals surface area contributed by atoms with E-state index in [0.717, 1.165) is 19.0 Å². The third kappa shape index (κ3) is 3.30. The Hall–Kier alpha value is -0.930. The van der Waals surface area contributed by atoms with Gasteiger partial charge in [0.05, 0.1) is 0 Å². The SMILES string of the molecule is CNC(CCN(C)C1CCC1)c1ccc(F)cc1. The molecule has 2 rings (SSSR count). The van der Waals surface area contributed by atoms with E-state index in [-0.39, 0.29) is 5.82 Å². The monoisotopic (exact) mass is 250 g/mol. The minimum absolute atomic E-state index is 0.166. The fourth-order valence-electron chi connectivity index (χ4n) is 2.52. The standard InChI is InChI=1S/C15H23FN2/c1-17-15(12-6-8-13(16)9-7-12)10-11-18(2)14-4-3-5-14/h6-9,14-15,17H,3-5,10-11H2,1-2H3. The molecule has 1 saturated carbocycles. The maximum absolute atomic E-state index is 12.9. The molecule has 1 atom stereocenters. The first kappa shape index (κ1) is 13.5. The molecule has 0 aromatic heterocycles. The van der Waals surface area contributed by atoms with Crippen LogP contribution < -0.4 is 5.32 Å². The molecule has 3 heteroatoms. The van der Waals surface area contributed by atoms with Gasteiger partial charge in [-0.05, 0) is 57.6 Å². The second-order valence-corrected chi connectivity index (χ2v) is 5.25. The van der Waals surface area contributed by atoms with E-state index in [0.29, 0.717) is 6.04 Å². The van der Waals surface area contributed by atoms with Crippen molar-refractivity contribution in [1.29, 1.82) is 0 Å². The van der Waals surface area contributed by atoms with Crippen molar-refractivity contribution < 1.29 is 4.39 Å². The molecule has 1 aromatic rings. The lowest BCUT2D eigenvalue weighted by atomic mass is 9.91. The van der Waals surface area contributed by atoms with Crippen molar-refractivity contribution in [2.24, 2.45) is 0 Å². The van der Waals surface area contributed by atoms with Gasteiger partial charge in [-0.25, -0.2) is 4.39 Å². The molecule has 1 aliphatic carbocycles. The predicted molar refractivity (Wildman–Crippen MR) is 73.1 cm³/mol. The Labute approximate surface area is 109 Å². The van der Waals surface area contributed by atoms with Crippen molar-refractivity contribution >= 4 is 0 Å². The second-order valence-electron chi connectivity index (χ2n) is 5.25. The first-order valence-corrected chi connectivity index (χ1v) is 6.83. The van der Waals surface area contributed by atoms with E-state index in [4.69, 9.17) is 0 Å². The van der Waals surface area contributed by atoms with Gasteiger partial charge in [-0.2, -0.15) is 0 Å². The lowest BCUT2D eigenvalue weighted by molar-refractivity contribution is 0.153. The molecule has 18 heavy (non-hydrogen) atoms. The highest BCUT2D eigenvalue weighted by Crippen LogP contribution is 2.25. The Bertz CT molecular complexity index is 359. The molecule has 0 amide bonds. The zero-order valence-corrected chi connectivity index (χ0v) is 11.3. The highest BCUT2D eigenvalue weighted by Gasteiger charge is 2.22. The number of nitrogens with one attached hydrogen (secondary N) is 1. The number of hydrogen-bond donors (Lipinski definition) is 1. The third-order valence-corrected chi connectivity index (χ3v) is 4.09. The first-order chi connectivity index (χ1) is 8.70. The summed E-state index contributed by atoms with van der Waals surface area (Å²) in [4.78, 5) is 2.46. The average Bonchev–Trinajstić information content (AvgIpc) is 2.30. The van der Waals surface area contributed by atoms with E-state index in [1.54, 1.807) is 0 Å². The molecule has 0 aliphatic heterocycles. The normalized spacial score (nSPS) is 17.8. The van der Waals surface area contributed by atoms with Crippen LogP contribution in [0.15, 0.2) is 24.3 Å². The van der Waals surface area contributed by atoms with Crippen LogP contribution in [0, 0.1) is 5.82 Å². The molecule has 1 unspecified atom stereocenters. The van der Waals surface area contributed by atoms with Crippen molar-refractivity contribution in [3.8, 4) is 0 Å². The molecule has 0 radical (unpaired) electrons. The summed E-state index contributed by atoms with van der Waals surface area (Å²) in [6, 6.07) is 7.92. The lowest BCUT2D eigenvalue weighted by Crippen LogP contribution is -2.38. The van der Waals surface area contributed by atoms with Crippen molar-refractivity contribution in [2.75, 3.05) is 20.6 Å². The van der Waals surface area contributed by atoms with Gasteiger partial charge in [-0.3, -0.25) is 0 Å². The summed E-state index contributed by atoms with van der Waals surface area (Å²) in [6.07, 6.45) is 5.13. The molecular formula is C15H23FN2. The third-order valence-electron chi connectivity index (χ3n) is 4.09. The number of benzene rings is 1. The number of hydrogen-bond acceptors (Lipinski definition) is 2. The highest BCUT2D eigenvalue weighted by atomic mass is 19.1. The highest BCUT2D eigenvalue weighted by molar-refractivity contribution is 5.19. The minimum Gasteiger partial charge on any atom is -0.313 e. The smallest absolute Gasteiger partial charge is 0.123 e. The van der Waals surface area contributed by atoms with Crippen LogP contribution in [-0.4, -0.2) is 31.6 Å². The Morgan fingerprint density at radius 2 is 2.00 bits per heavy atom. The molecule has 100 valence electrons. The summed E-state index contributed by atoms with van der Waals surface area (Å²) >= 11 is 0. The van der Waals surface area contributed by atoms with Crippen molar-refractivity contribution in [1.82, 2.24) is 10.2 Å². The molecule has 1 aromatic carbocycles. The van der Waals surface area contributed by atoms with Gasteiger partial charge in [-0.1, -0.05) is 18.6 Å². The van der Waals surface area contributed by atoms with E-state index >= 15 is 0 Å². The van der Waals surface area contributed by atoms with Gasteiger partial charge in [0, 0.05) is 12.1 Å². The fraction of sp³-hybridized carbons (Fsp3) is 0.600. The summed E-state index contributed by atoms with van der Waals surface area (Å²) in [7, 11) is 4.18. The van der Waals surface area contributed by atoms with E-state index in [2.05, 4.69) is 17.3 Å². The summed E-state index contributed by atoms with van der Waals surface area (Å²) in [6.45, 7) is 1.09. The van der Waals surface area contributed by atoms with Crippen molar-refractivity contribution in [2.45, 2.75) is 37.8 Å². The predicted octanol–water partition coefficient (Wildman–Crippen LogP) is 2.96. The van der Waals surface area contributed by atoms with Gasteiger partial charge in [0.1, 0.15) is 5.82 Å². The van der Waals surface area contributed by atoms with Crippen LogP contribution in [-0.2, 0) is 0 Å². The molecule has 0 heterocycles. The van der Waals surface area contributed by atoms with Crippen LogP contribution in [0.5, 0.6) is 0 Å². The number of halogens is 1. The zero-order valence-electron chi connectivity index (χ0n) is 11.3. The van der Waals surface area contributed by atoms with Gasteiger partial charge >= 0.3 is 0 Å². The molecule has 1 N–H and O–H groups in total. The van der Waals surface area contributed by atoms with E-state index < -0.39 is 0 Å². The summed E-state index contributed by atoms with van der Waals surface area (Å²) < 4.78 is 12.9. The molecule has 0 spiro atoms. The van der Waals surface area contributed by atoms with Crippen LogP contribution in [0.1, 0.15) is 37.3 Å². The minimum atomic E-state index is -0.166. The summed E-state index contributed by atoms with van der Waals surface area (Å²) in [5, 5.41) is 3.32. The molecule has 0 bridgehead atoms. The largest absolute Gasteiger partial charge is 0.313 e. The maximum atomic E-state index is 12.9. The molecule has 2 nitrogen and oxygen atoms in total. The van der Waals surface area contributed by atoms with Crippen LogP contribution in [0.4, 0.5) is 4.39 Å². The van der Waals surface area contributed by atoms with Crippen molar-refractivity contribution in [3.05, 3.63) is 35.6 Å². The second kappa shape index (κ2) is 6.30. The first-order valence-electron chi connectivity index (χ1n) is 6.83. The molecule has 1 fully saturated rings. The molecule has 0 saturated heterocycles. The van der Waals surface area contributed by atoms with E-state index in [1.165, 1.54) is 37.0 Å². The van der Waals surface area contributed by atoms with Gasteiger partial charge in [0.25, 0.3) is 0 Å². The number of rotatable bonds is 6. The van der Waals surface area contributed by atoms with Crippen LogP contribution in [0.3, 0.4) is 0 Å². The van der Waals surface area contributed by atoms with E-state index in [9.17, 15) is 4.39 Å². The Morgan fingerprint density at radius 3 is 2.50 bits per heavy atom. The summed E-state index contributed by atoms with van der Waals surface area (Å²) in [5.74, 6) is -0.166. The van der Waals surface area contributed by atoms with Crippen molar-refractivity contribution in [3.63, 3.8) is 0 Å². The molecule has 1 aliphatic rings. The summed E-state index contributed by atoms with van der Waals surface area (Å²) in [5.41, 5.74) is 1.17. The Kier molecular flexibility index (Phi) is 4.72. The Balaban J connectivity index is 1.86. The van der Waals surface area contributed by atoms with Gasteiger partial charge < -0.3 is 10.2 Å². The van der Waals surface area contributed by atoms with E-state index in [1.807, 2.05) is 19.2 Å². The van der Waals surface area contributed by atoms with Gasteiger partial charge in [-0.15, -0.1) is 0 Å². The van der Waals surface area contributed by atoms with Crippen LogP contribution >= 0.6 is 0 Å². The molecular weight excluding hydrogens is 227 g/mol.